The maximum atomic E-state index is 13.1. The Morgan fingerprint density at radius 3 is 2.70 bits per heavy atom. The molecule has 5 nitrogen and oxygen atoms in total. The molecule has 0 amide bonds. The lowest BCUT2D eigenvalue weighted by atomic mass is 9.95. The van der Waals surface area contributed by atoms with Crippen LogP contribution in [0.2, 0.25) is 10.0 Å². The first-order valence-electron chi connectivity index (χ1n) is 8.31. The number of alkyl halides is 3. The van der Waals surface area contributed by atoms with E-state index in [-0.39, 0.29) is 24.1 Å². The summed E-state index contributed by atoms with van der Waals surface area (Å²) in [6.07, 6.45) is -3.78. The Bertz CT molecular complexity index is 798. The highest BCUT2D eigenvalue weighted by atomic mass is 35.5. The maximum absolute atomic E-state index is 13.1. The minimum absolute atomic E-state index is 0.182. The van der Waals surface area contributed by atoms with Crippen molar-refractivity contribution in [3.05, 3.63) is 51.3 Å². The second kappa shape index (κ2) is 8.36. The smallest absolute Gasteiger partial charge is 0.392 e. The number of aliphatic hydroxyl groups is 1. The summed E-state index contributed by atoms with van der Waals surface area (Å²) in [7, 11) is 0. The van der Waals surface area contributed by atoms with Crippen LogP contribution >= 0.6 is 23.2 Å². The normalized spacial score (nSPS) is 21.3. The monoisotopic (exact) mass is 423 g/mol. The highest BCUT2D eigenvalue weighted by Crippen LogP contribution is 2.34. The predicted octanol–water partition coefficient (Wildman–Crippen LogP) is 3.68. The Hall–Kier alpha value is -1.32. The van der Waals surface area contributed by atoms with E-state index in [9.17, 15) is 18.3 Å². The van der Waals surface area contributed by atoms with Gasteiger partial charge in [0.1, 0.15) is 0 Å². The summed E-state index contributed by atoms with van der Waals surface area (Å²) in [6, 6.07) is 5.16. The van der Waals surface area contributed by atoms with E-state index in [1.165, 1.54) is 10.9 Å². The molecule has 2 atom stereocenters. The molecule has 0 aliphatic carbocycles. The quantitative estimate of drug-likeness (QED) is 0.787. The number of ether oxygens (including phenoxy) is 1. The number of aliphatic hydroxyl groups excluding tert-OH is 1. The molecule has 10 heteroatoms. The highest BCUT2D eigenvalue weighted by molar-refractivity contribution is 6.42. The van der Waals surface area contributed by atoms with E-state index in [0.717, 1.165) is 5.56 Å². The summed E-state index contributed by atoms with van der Waals surface area (Å²) in [5, 5.41) is 16.9. The Labute approximate surface area is 164 Å². The van der Waals surface area contributed by atoms with Crippen LogP contribution in [0.15, 0.2) is 24.4 Å². The van der Waals surface area contributed by atoms with Crippen molar-refractivity contribution in [3.8, 4) is 0 Å². The molecule has 0 radical (unpaired) electrons. The summed E-state index contributed by atoms with van der Waals surface area (Å²) in [5.41, 5.74) is -0.529. The third kappa shape index (κ3) is 4.75. The molecule has 1 fully saturated rings. The van der Waals surface area contributed by atoms with Crippen molar-refractivity contribution >= 4 is 23.2 Å². The third-order valence-electron chi connectivity index (χ3n) is 4.38. The van der Waals surface area contributed by atoms with Gasteiger partial charge in [0.05, 0.1) is 29.4 Å². The molecule has 3 rings (SSSR count). The van der Waals surface area contributed by atoms with Gasteiger partial charge in [0.2, 0.25) is 0 Å². The first-order valence-corrected chi connectivity index (χ1v) is 9.07. The fraction of sp³-hybridized carbons (Fsp3) is 0.471. The molecule has 1 aromatic heterocycles. The first-order chi connectivity index (χ1) is 12.8. The molecule has 1 aliphatic heterocycles. The second-order valence-corrected chi connectivity index (χ2v) is 7.12. The van der Waals surface area contributed by atoms with E-state index in [4.69, 9.17) is 27.9 Å². The summed E-state index contributed by atoms with van der Waals surface area (Å²) >= 11 is 12.1. The van der Waals surface area contributed by atoms with Gasteiger partial charge >= 0.3 is 6.18 Å². The van der Waals surface area contributed by atoms with Crippen LogP contribution in [0.1, 0.15) is 22.9 Å². The molecule has 2 aromatic rings. The largest absolute Gasteiger partial charge is 0.435 e. The minimum atomic E-state index is -4.62. The molecule has 148 valence electrons. The molecule has 2 N–H and O–H groups in total. The molecule has 27 heavy (non-hydrogen) atoms. The lowest BCUT2D eigenvalue weighted by Crippen LogP contribution is -2.28. The highest BCUT2D eigenvalue weighted by Gasteiger charge is 2.37. The number of hydrogen-bond acceptors (Lipinski definition) is 4. The van der Waals surface area contributed by atoms with Gasteiger partial charge in [-0.3, -0.25) is 4.68 Å². The van der Waals surface area contributed by atoms with E-state index in [1.54, 1.807) is 18.2 Å². The minimum Gasteiger partial charge on any atom is -0.392 e. The van der Waals surface area contributed by atoms with Crippen LogP contribution in [-0.2, 0) is 24.1 Å². The van der Waals surface area contributed by atoms with Crippen molar-refractivity contribution in [2.75, 3.05) is 19.7 Å². The molecule has 0 saturated carbocycles. The van der Waals surface area contributed by atoms with Gasteiger partial charge in [0.25, 0.3) is 0 Å². The molecule has 2 heterocycles. The Kier molecular flexibility index (Phi) is 6.32. The zero-order valence-electron chi connectivity index (χ0n) is 14.1. The molecule has 1 saturated heterocycles. The van der Waals surface area contributed by atoms with Gasteiger partial charge in [-0.1, -0.05) is 29.3 Å². The first kappa shape index (κ1) is 20.4. The number of rotatable bonds is 4. The van der Waals surface area contributed by atoms with Gasteiger partial charge in [-0.2, -0.15) is 18.3 Å². The summed E-state index contributed by atoms with van der Waals surface area (Å²) in [5.74, 6) is -0.197. The van der Waals surface area contributed by atoms with Gasteiger partial charge in [0.15, 0.2) is 5.69 Å². The van der Waals surface area contributed by atoms with E-state index >= 15 is 0 Å². The van der Waals surface area contributed by atoms with E-state index in [2.05, 4.69) is 10.4 Å². The Morgan fingerprint density at radius 2 is 2.07 bits per heavy atom. The number of aromatic nitrogens is 2. The van der Waals surface area contributed by atoms with Crippen LogP contribution in [0, 0.1) is 5.92 Å². The molecule has 1 aliphatic rings. The van der Waals surface area contributed by atoms with Gasteiger partial charge < -0.3 is 15.2 Å². The van der Waals surface area contributed by atoms with Crippen molar-refractivity contribution in [2.24, 2.45) is 5.92 Å². The predicted molar refractivity (Wildman–Crippen MR) is 94.7 cm³/mol. The van der Waals surface area contributed by atoms with Crippen molar-refractivity contribution in [1.29, 1.82) is 0 Å². The second-order valence-electron chi connectivity index (χ2n) is 6.31. The Morgan fingerprint density at radius 1 is 1.30 bits per heavy atom. The molecule has 0 spiro atoms. The summed E-state index contributed by atoms with van der Waals surface area (Å²) < 4.78 is 46.3. The zero-order valence-corrected chi connectivity index (χ0v) is 15.7. The van der Waals surface area contributed by atoms with Crippen molar-refractivity contribution in [3.63, 3.8) is 0 Å². The lowest BCUT2D eigenvalue weighted by molar-refractivity contribution is -0.142. The molecular weight excluding hydrogens is 406 g/mol. The van der Waals surface area contributed by atoms with Gasteiger partial charge in [-0.25, -0.2) is 0 Å². The summed E-state index contributed by atoms with van der Waals surface area (Å²) in [4.78, 5) is 0. The van der Waals surface area contributed by atoms with Crippen molar-refractivity contribution in [2.45, 2.75) is 25.4 Å². The van der Waals surface area contributed by atoms with E-state index in [0.29, 0.717) is 29.7 Å². The third-order valence-corrected chi connectivity index (χ3v) is 5.12. The average molecular weight is 424 g/mol. The maximum Gasteiger partial charge on any atom is 0.435 e. The number of hydrogen-bond donors (Lipinski definition) is 2. The molecule has 1 aromatic carbocycles. The lowest BCUT2D eigenvalue weighted by Gasteiger charge is -2.25. The van der Waals surface area contributed by atoms with Crippen LogP contribution in [0.25, 0.3) is 0 Å². The van der Waals surface area contributed by atoms with Gasteiger partial charge in [-0.15, -0.1) is 0 Å². The van der Waals surface area contributed by atoms with E-state index in [1.807, 2.05) is 0 Å². The van der Waals surface area contributed by atoms with Crippen molar-refractivity contribution < 1.29 is 23.0 Å². The summed E-state index contributed by atoms with van der Waals surface area (Å²) in [6.45, 7) is 1.06. The van der Waals surface area contributed by atoms with Crippen LogP contribution in [0.5, 0.6) is 0 Å². The average Bonchev–Trinajstić information content (AvgIpc) is 2.90. The van der Waals surface area contributed by atoms with Gasteiger partial charge in [-0.05, 0) is 17.7 Å². The number of nitrogens with one attached hydrogen (secondary N) is 1. The zero-order chi connectivity index (χ0) is 19.6. The van der Waals surface area contributed by atoms with Crippen LogP contribution < -0.4 is 5.32 Å². The van der Waals surface area contributed by atoms with Crippen LogP contribution in [-0.4, -0.2) is 34.6 Å². The number of benzene rings is 1. The topological polar surface area (TPSA) is 59.3 Å². The molecule has 0 bridgehead atoms. The van der Waals surface area contributed by atoms with Gasteiger partial charge in [0, 0.05) is 37.3 Å². The van der Waals surface area contributed by atoms with Crippen LogP contribution in [0.3, 0.4) is 0 Å². The van der Waals surface area contributed by atoms with Crippen molar-refractivity contribution in [1.82, 2.24) is 15.1 Å². The van der Waals surface area contributed by atoms with E-state index < -0.39 is 18.5 Å². The SMILES string of the molecule is OCc1cn(CC2CNCCOC2c2ccc(Cl)c(Cl)c2)nc1C(F)(F)F. The number of halogens is 5. The fourth-order valence-electron chi connectivity index (χ4n) is 3.16. The standard InChI is InChI=1S/C17H18Cl2F3N3O2/c18-13-2-1-10(5-14(13)19)15-11(6-23-3-4-27-15)7-25-8-12(9-26)16(24-25)17(20,21)22/h1-2,5,8,11,15,23,26H,3-4,6-7,9H2. The molecule has 2 unspecified atom stereocenters. The molecular formula is C17H18Cl2F3N3O2. The van der Waals surface area contributed by atoms with Crippen LogP contribution in [0.4, 0.5) is 13.2 Å². The fourth-order valence-corrected chi connectivity index (χ4v) is 3.46. The Balaban J connectivity index is 1.88. The number of nitrogens with zero attached hydrogens (tertiary/aromatic N) is 2.